The number of anilines is 2. The summed E-state index contributed by atoms with van der Waals surface area (Å²) in [7, 11) is 0. The van der Waals surface area contributed by atoms with E-state index in [0.717, 1.165) is 14.8 Å². The summed E-state index contributed by atoms with van der Waals surface area (Å²) in [5, 5.41) is 5.43. The molecular formula is C16H12FIN2O2. The molecule has 0 saturated heterocycles. The third kappa shape index (κ3) is 2.92. The molecule has 4 nitrogen and oxygen atoms in total. The lowest BCUT2D eigenvalue weighted by molar-refractivity contribution is 0.414. The molecule has 0 bridgehead atoms. The molecule has 0 saturated carbocycles. The maximum absolute atomic E-state index is 13.6. The van der Waals surface area contributed by atoms with E-state index in [1.54, 1.807) is 6.07 Å². The van der Waals surface area contributed by atoms with E-state index < -0.39 is 0 Å². The quantitative estimate of drug-likeness (QED) is 0.629. The van der Waals surface area contributed by atoms with Gasteiger partial charge in [0.2, 0.25) is 0 Å². The Kier molecular flexibility index (Phi) is 4.02. The van der Waals surface area contributed by atoms with Gasteiger partial charge in [-0.3, -0.25) is 4.79 Å². The highest BCUT2D eigenvalue weighted by Gasteiger charge is 2.13. The van der Waals surface area contributed by atoms with Gasteiger partial charge >= 0.3 is 0 Å². The van der Waals surface area contributed by atoms with Gasteiger partial charge < -0.3 is 9.84 Å². The molecular weight excluding hydrogens is 398 g/mol. The number of H-pyrrole nitrogens is 1. The summed E-state index contributed by atoms with van der Waals surface area (Å²) in [6.45, 7) is 1.97. The second-order valence-corrected chi connectivity index (χ2v) is 6.10. The Bertz CT molecular complexity index is 886. The van der Waals surface area contributed by atoms with Gasteiger partial charge in [0, 0.05) is 20.5 Å². The molecule has 0 aliphatic rings. The molecule has 0 amide bonds. The monoisotopic (exact) mass is 410 g/mol. The van der Waals surface area contributed by atoms with Crippen molar-refractivity contribution < 1.29 is 8.91 Å². The number of aromatic nitrogens is 1. The van der Waals surface area contributed by atoms with Crippen molar-refractivity contribution in [3.05, 3.63) is 68.0 Å². The van der Waals surface area contributed by atoms with Crippen LogP contribution in [0, 0.1) is 16.3 Å². The smallest absolute Gasteiger partial charge is 0.287 e. The van der Waals surface area contributed by atoms with Gasteiger partial charge in [0.05, 0.1) is 5.56 Å². The van der Waals surface area contributed by atoms with Crippen LogP contribution in [0.4, 0.5) is 15.8 Å². The fraction of sp³-hybridized carbons (Fsp3) is 0.0625. The Labute approximate surface area is 139 Å². The number of rotatable bonds is 3. The molecule has 0 radical (unpaired) electrons. The Morgan fingerprint density at radius 2 is 1.95 bits per heavy atom. The summed E-state index contributed by atoms with van der Waals surface area (Å²) in [4.78, 5) is 11.7. The summed E-state index contributed by atoms with van der Waals surface area (Å²) < 4.78 is 19.5. The van der Waals surface area contributed by atoms with E-state index in [0.29, 0.717) is 16.8 Å². The van der Waals surface area contributed by atoms with Crippen LogP contribution < -0.4 is 10.9 Å². The lowest BCUT2D eigenvalue weighted by Gasteiger charge is -2.13. The molecule has 2 N–H and O–H groups in total. The van der Waals surface area contributed by atoms with Crippen molar-refractivity contribution in [3.8, 4) is 11.1 Å². The van der Waals surface area contributed by atoms with Crippen molar-refractivity contribution in [2.45, 2.75) is 6.92 Å². The average molecular weight is 410 g/mol. The second-order valence-electron chi connectivity index (χ2n) is 4.85. The SMILES string of the molecule is Cc1cc(I)ccc1Nc1cc(F)ccc1-c1co[nH]c1=O. The average Bonchev–Trinajstić information content (AvgIpc) is 2.88. The molecule has 0 aliphatic heterocycles. The Hall–Kier alpha value is -2.09. The van der Waals surface area contributed by atoms with Gasteiger partial charge in [-0.15, -0.1) is 0 Å². The minimum atomic E-state index is -0.380. The molecule has 0 aliphatic carbocycles. The molecule has 6 heteroatoms. The van der Waals surface area contributed by atoms with Crippen molar-refractivity contribution in [1.29, 1.82) is 0 Å². The van der Waals surface area contributed by atoms with Gasteiger partial charge in [0.15, 0.2) is 0 Å². The summed E-state index contributed by atoms with van der Waals surface area (Å²) in [5.74, 6) is -0.380. The number of aryl methyl sites for hydroxylation is 1. The zero-order chi connectivity index (χ0) is 15.7. The van der Waals surface area contributed by atoms with E-state index in [1.165, 1.54) is 18.4 Å². The highest BCUT2D eigenvalue weighted by molar-refractivity contribution is 14.1. The van der Waals surface area contributed by atoms with Crippen molar-refractivity contribution in [2.75, 3.05) is 5.32 Å². The zero-order valence-corrected chi connectivity index (χ0v) is 13.8. The lowest BCUT2D eigenvalue weighted by atomic mass is 10.1. The van der Waals surface area contributed by atoms with E-state index >= 15 is 0 Å². The lowest BCUT2D eigenvalue weighted by Crippen LogP contribution is -2.03. The van der Waals surface area contributed by atoms with Crippen LogP contribution in [-0.2, 0) is 0 Å². The van der Waals surface area contributed by atoms with Crippen molar-refractivity contribution in [3.63, 3.8) is 0 Å². The van der Waals surface area contributed by atoms with Crippen LogP contribution in [0.5, 0.6) is 0 Å². The van der Waals surface area contributed by atoms with E-state index in [-0.39, 0.29) is 11.4 Å². The molecule has 0 fully saturated rings. The predicted molar refractivity (Wildman–Crippen MR) is 91.9 cm³/mol. The maximum atomic E-state index is 13.6. The molecule has 112 valence electrons. The van der Waals surface area contributed by atoms with Gasteiger partial charge in [0.25, 0.3) is 5.56 Å². The summed E-state index contributed by atoms with van der Waals surface area (Å²) in [6.07, 6.45) is 1.32. The topological polar surface area (TPSA) is 58.0 Å². The summed E-state index contributed by atoms with van der Waals surface area (Å²) >= 11 is 2.23. The Balaban J connectivity index is 2.08. The molecule has 3 aromatic rings. The van der Waals surface area contributed by atoms with E-state index in [9.17, 15) is 9.18 Å². The molecule has 1 aromatic heterocycles. The minimum Gasteiger partial charge on any atom is -0.386 e. The number of halogens is 2. The number of aromatic amines is 1. The van der Waals surface area contributed by atoms with E-state index in [1.807, 2.05) is 25.1 Å². The van der Waals surface area contributed by atoms with Crippen molar-refractivity contribution in [1.82, 2.24) is 5.16 Å². The third-order valence-corrected chi connectivity index (χ3v) is 3.97. The summed E-state index contributed by atoms with van der Waals surface area (Å²) in [6, 6.07) is 10.1. The zero-order valence-electron chi connectivity index (χ0n) is 11.6. The van der Waals surface area contributed by atoms with Crippen LogP contribution in [0.25, 0.3) is 11.1 Å². The fourth-order valence-corrected chi connectivity index (χ4v) is 2.85. The molecule has 3 rings (SSSR count). The molecule has 1 heterocycles. The first kappa shape index (κ1) is 14.8. The Morgan fingerprint density at radius 1 is 1.14 bits per heavy atom. The standard InChI is InChI=1S/C16H12FIN2O2/c1-9-6-11(18)3-5-14(9)19-15-7-10(17)2-4-12(15)13-8-22-20-16(13)21/h2-8,19H,1H3,(H,20,21). The minimum absolute atomic E-state index is 0.352. The molecule has 0 atom stereocenters. The van der Waals surface area contributed by atoms with Crippen LogP contribution in [0.15, 0.2) is 52.0 Å². The highest BCUT2D eigenvalue weighted by Crippen LogP contribution is 2.30. The Morgan fingerprint density at radius 3 is 2.64 bits per heavy atom. The number of hydrogen-bond donors (Lipinski definition) is 2. The van der Waals surface area contributed by atoms with E-state index in [2.05, 4.69) is 33.1 Å². The largest absolute Gasteiger partial charge is 0.386 e. The maximum Gasteiger partial charge on any atom is 0.287 e. The third-order valence-electron chi connectivity index (χ3n) is 3.30. The van der Waals surface area contributed by atoms with Crippen LogP contribution >= 0.6 is 22.6 Å². The number of benzene rings is 2. The van der Waals surface area contributed by atoms with Gasteiger partial charge in [0.1, 0.15) is 12.1 Å². The summed E-state index contributed by atoms with van der Waals surface area (Å²) in [5.41, 5.74) is 2.97. The molecule has 0 spiro atoms. The van der Waals surface area contributed by atoms with Gasteiger partial charge in [-0.2, -0.15) is 5.16 Å². The molecule has 0 unspecified atom stereocenters. The van der Waals surface area contributed by atoms with Crippen LogP contribution in [-0.4, -0.2) is 5.16 Å². The van der Waals surface area contributed by atoms with Crippen LogP contribution in [0.1, 0.15) is 5.56 Å². The van der Waals surface area contributed by atoms with Crippen LogP contribution in [0.3, 0.4) is 0 Å². The molecule has 22 heavy (non-hydrogen) atoms. The highest BCUT2D eigenvalue weighted by atomic mass is 127. The second kappa shape index (κ2) is 5.96. The van der Waals surface area contributed by atoms with Gasteiger partial charge in [-0.05, 0) is 71.5 Å². The predicted octanol–water partition coefficient (Wildman–Crippen LogP) is 4.43. The van der Waals surface area contributed by atoms with Gasteiger partial charge in [-0.25, -0.2) is 4.39 Å². The van der Waals surface area contributed by atoms with Crippen molar-refractivity contribution in [2.24, 2.45) is 0 Å². The number of hydrogen-bond acceptors (Lipinski definition) is 3. The normalized spacial score (nSPS) is 10.7. The first-order valence-electron chi connectivity index (χ1n) is 6.54. The first-order chi connectivity index (χ1) is 10.5. The fourth-order valence-electron chi connectivity index (χ4n) is 2.20. The number of nitrogens with one attached hydrogen (secondary N) is 2. The van der Waals surface area contributed by atoms with Crippen molar-refractivity contribution >= 4 is 34.0 Å². The van der Waals surface area contributed by atoms with Gasteiger partial charge in [-0.1, -0.05) is 0 Å². The van der Waals surface area contributed by atoms with E-state index in [4.69, 9.17) is 4.52 Å². The first-order valence-corrected chi connectivity index (χ1v) is 7.62. The van der Waals surface area contributed by atoms with Crippen LogP contribution in [0.2, 0.25) is 0 Å². The molecule has 2 aromatic carbocycles.